The normalized spacial score (nSPS) is 17.2. The van der Waals surface area contributed by atoms with Crippen LogP contribution >= 0.6 is 23.2 Å². The number of morpholine rings is 1. The molecule has 2 aliphatic rings. The summed E-state index contributed by atoms with van der Waals surface area (Å²) in [4.78, 5) is 29.8. The van der Waals surface area contributed by atoms with Gasteiger partial charge < -0.3 is 19.4 Å². The van der Waals surface area contributed by atoms with Gasteiger partial charge in [0.25, 0.3) is 11.8 Å². The predicted molar refractivity (Wildman–Crippen MR) is 140 cm³/mol. The number of halogens is 2. The van der Waals surface area contributed by atoms with Gasteiger partial charge in [-0.25, -0.2) is 0 Å². The highest BCUT2D eigenvalue weighted by Gasteiger charge is 2.29. The Kier molecular flexibility index (Phi) is 8.14. The topological polar surface area (TPSA) is 104 Å². The zero-order valence-electron chi connectivity index (χ0n) is 20.3. The van der Waals surface area contributed by atoms with Crippen molar-refractivity contribution in [2.45, 2.75) is 25.3 Å². The van der Waals surface area contributed by atoms with Crippen molar-refractivity contribution in [3.05, 3.63) is 63.6 Å². The fourth-order valence-corrected chi connectivity index (χ4v) is 5.10. The summed E-state index contributed by atoms with van der Waals surface area (Å²) in [6.45, 7) is 5.20. The minimum atomic E-state index is -0.349. The van der Waals surface area contributed by atoms with E-state index < -0.39 is 0 Å². The van der Waals surface area contributed by atoms with Crippen LogP contribution in [0.25, 0.3) is 11.3 Å². The van der Waals surface area contributed by atoms with Crippen LogP contribution in [0.2, 0.25) is 10.0 Å². The van der Waals surface area contributed by atoms with E-state index in [1.54, 1.807) is 12.1 Å². The zero-order valence-corrected chi connectivity index (χ0v) is 21.9. The lowest BCUT2D eigenvalue weighted by Gasteiger charge is -2.39. The lowest BCUT2D eigenvalue weighted by Crippen LogP contribution is -2.50. The van der Waals surface area contributed by atoms with Crippen LogP contribution in [0.4, 0.5) is 0 Å². The largest absolute Gasteiger partial charge is 0.461 e. The summed E-state index contributed by atoms with van der Waals surface area (Å²) in [6, 6.07) is 11.0. The molecule has 0 bridgehead atoms. The standard InChI is InChI=1S/C26H29Cl2N5O4/c27-20-3-1-17(15-21(20)28)24-4-2-19(37-24)5-8-29-25(34)22-16-23(31-30-22)26(35)33-9-6-18(7-10-33)32-11-13-36-14-12-32/h1-4,15-16,18H,5-14H2,(H,29,34)(H,30,31). The molecule has 3 aromatic rings. The average Bonchev–Trinajstić information content (AvgIpc) is 3.61. The van der Waals surface area contributed by atoms with Gasteiger partial charge in [0.2, 0.25) is 0 Å². The fraction of sp³-hybridized carbons (Fsp3) is 0.423. The highest BCUT2D eigenvalue weighted by atomic mass is 35.5. The van der Waals surface area contributed by atoms with Gasteiger partial charge in [0.15, 0.2) is 5.69 Å². The molecule has 2 N–H and O–H groups in total. The number of piperidine rings is 1. The molecule has 0 saturated carbocycles. The minimum absolute atomic E-state index is 0.127. The van der Waals surface area contributed by atoms with Crippen LogP contribution in [0.1, 0.15) is 39.6 Å². The highest BCUT2D eigenvalue weighted by molar-refractivity contribution is 6.42. The number of benzene rings is 1. The first-order valence-corrected chi connectivity index (χ1v) is 13.2. The molecule has 37 heavy (non-hydrogen) atoms. The summed E-state index contributed by atoms with van der Waals surface area (Å²) in [7, 11) is 0. The summed E-state index contributed by atoms with van der Waals surface area (Å²) in [6.07, 6.45) is 2.38. The predicted octanol–water partition coefficient (Wildman–Crippen LogP) is 3.89. The van der Waals surface area contributed by atoms with Crippen LogP contribution < -0.4 is 5.32 Å². The van der Waals surface area contributed by atoms with Gasteiger partial charge >= 0.3 is 0 Å². The summed E-state index contributed by atoms with van der Waals surface area (Å²) < 4.78 is 11.3. The Labute approximate surface area is 225 Å². The number of furan rings is 1. The average molecular weight is 546 g/mol. The smallest absolute Gasteiger partial charge is 0.271 e. The molecule has 4 heterocycles. The maximum atomic E-state index is 12.9. The lowest BCUT2D eigenvalue weighted by molar-refractivity contribution is 0.00153. The highest BCUT2D eigenvalue weighted by Crippen LogP contribution is 2.29. The van der Waals surface area contributed by atoms with Crippen molar-refractivity contribution in [3.63, 3.8) is 0 Å². The van der Waals surface area contributed by atoms with Crippen LogP contribution in [0.15, 0.2) is 40.8 Å². The number of aromatic amines is 1. The molecule has 196 valence electrons. The Morgan fingerprint density at radius 1 is 1.03 bits per heavy atom. The second kappa shape index (κ2) is 11.7. The van der Waals surface area contributed by atoms with Gasteiger partial charge in [-0.2, -0.15) is 5.10 Å². The molecule has 2 aliphatic heterocycles. The number of H-pyrrole nitrogens is 1. The number of nitrogens with zero attached hydrogens (tertiary/aromatic N) is 3. The molecule has 11 heteroatoms. The zero-order chi connectivity index (χ0) is 25.8. The van der Waals surface area contributed by atoms with E-state index in [1.807, 2.05) is 23.1 Å². The van der Waals surface area contributed by atoms with Crippen molar-refractivity contribution in [2.24, 2.45) is 0 Å². The molecule has 2 aromatic heterocycles. The van der Waals surface area contributed by atoms with Crippen molar-refractivity contribution in [1.82, 2.24) is 25.3 Å². The minimum Gasteiger partial charge on any atom is -0.461 e. The van der Waals surface area contributed by atoms with Crippen molar-refractivity contribution in [1.29, 1.82) is 0 Å². The Hall–Kier alpha value is -2.85. The molecular formula is C26H29Cl2N5O4. The number of nitrogens with one attached hydrogen (secondary N) is 2. The summed E-state index contributed by atoms with van der Waals surface area (Å²) in [5, 5.41) is 10.5. The first kappa shape index (κ1) is 25.8. The monoisotopic (exact) mass is 545 g/mol. The Morgan fingerprint density at radius 2 is 1.81 bits per heavy atom. The van der Waals surface area contributed by atoms with Crippen LogP contribution in [0, 0.1) is 0 Å². The van der Waals surface area contributed by atoms with Crippen molar-refractivity contribution in [2.75, 3.05) is 45.9 Å². The number of amides is 2. The Balaban J connectivity index is 1.09. The molecule has 0 unspecified atom stereocenters. The van der Waals surface area contributed by atoms with E-state index in [0.717, 1.165) is 50.5 Å². The van der Waals surface area contributed by atoms with E-state index in [0.29, 0.717) is 53.6 Å². The molecule has 0 atom stereocenters. The summed E-state index contributed by atoms with van der Waals surface area (Å²) >= 11 is 12.1. The number of hydrogen-bond donors (Lipinski definition) is 2. The van der Waals surface area contributed by atoms with Crippen LogP contribution in [0.3, 0.4) is 0 Å². The van der Waals surface area contributed by atoms with E-state index >= 15 is 0 Å². The third kappa shape index (κ3) is 6.18. The molecule has 9 nitrogen and oxygen atoms in total. The number of likely N-dealkylation sites (tertiary alicyclic amines) is 1. The number of ether oxygens (including phenoxy) is 1. The quantitative estimate of drug-likeness (QED) is 0.466. The third-order valence-corrected chi connectivity index (χ3v) is 7.62. The van der Waals surface area contributed by atoms with E-state index in [9.17, 15) is 9.59 Å². The van der Waals surface area contributed by atoms with E-state index in [-0.39, 0.29) is 17.5 Å². The summed E-state index contributed by atoms with van der Waals surface area (Å²) in [5.74, 6) is 0.916. The molecule has 5 rings (SSSR count). The van der Waals surface area contributed by atoms with E-state index in [1.165, 1.54) is 6.07 Å². The number of carbonyl (C=O) groups is 2. The molecule has 0 aliphatic carbocycles. The van der Waals surface area contributed by atoms with Crippen molar-refractivity contribution < 1.29 is 18.7 Å². The van der Waals surface area contributed by atoms with E-state index in [2.05, 4.69) is 20.4 Å². The van der Waals surface area contributed by atoms with Crippen molar-refractivity contribution in [3.8, 4) is 11.3 Å². The SMILES string of the molecule is O=C(NCCc1ccc(-c2ccc(Cl)c(Cl)c2)o1)c1cc(C(=O)N2CCC(N3CCOCC3)CC2)[nH]n1. The molecule has 2 amide bonds. The second-order valence-corrected chi connectivity index (χ2v) is 10.1. The first-order chi connectivity index (χ1) is 18.0. The van der Waals surface area contributed by atoms with Crippen LogP contribution in [-0.2, 0) is 11.2 Å². The van der Waals surface area contributed by atoms with Gasteiger partial charge in [0.05, 0.1) is 23.3 Å². The second-order valence-electron chi connectivity index (χ2n) is 9.24. The molecular weight excluding hydrogens is 517 g/mol. The maximum absolute atomic E-state index is 12.9. The van der Waals surface area contributed by atoms with E-state index in [4.69, 9.17) is 32.4 Å². The van der Waals surface area contributed by atoms with Gasteiger partial charge in [-0.3, -0.25) is 19.6 Å². The molecule has 1 aromatic carbocycles. The maximum Gasteiger partial charge on any atom is 0.271 e. The fourth-order valence-electron chi connectivity index (χ4n) is 4.80. The first-order valence-electron chi connectivity index (χ1n) is 12.5. The number of aromatic nitrogens is 2. The van der Waals surface area contributed by atoms with Gasteiger partial charge in [-0.15, -0.1) is 0 Å². The lowest BCUT2D eigenvalue weighted by atomic mass is 10.0. The van der Waals surface area contributed by atoms with Crippen molar-refractivity contribution >= 4 is 35.0 Å². The number of carbonyl (C=O) groups excluding carboxylic acids is 2. The molecule has 0 spiro atoms. The Morgan fingerprint density at radius 3 is 2.57 bits per heavy atom. The van der Waals surface area contributed by atoms with Crippen LogP contribution in [-0.4, -0.2) is 83.8 Å². The Bertz CT molecular complexity index is 1250. The summed E-state index contributed by atoms with van der Waals surface area (Å²) in [5.41, 5.74) is 1.33. The van der Waals surface area contributed by atoms with Gasteiger partial charge in [-0.05, 0) is 43.2 Å². The number of hydrogen-bond acceptors (Lipinski definition) is 6. The molecule has 0 radical (unpaired) electrons. The third-order valence-electron chi connectivity index (χ3n) is 6.88. The van der Waals surface area contributed by atoms with Gasteiger partial charge in [0, 0.05) is 56.8 Å². The molecule has 2 saturated heterocycles. The van der Waals surface area contributed by atoms with Gasteiger partial charge in [0.1, 0.15) is 17.2 Å². The number of rotatable bonds is 7. The van der Waals surface area contributed by atoms with Gasteiger partial charge in [-0.1, -0.05) is 23.2 Å². The van der Waals surface area contributed by atoms with Crippen LogP contribution in [0.5, 0.6) is 0 Å². The molecule has 2 fully saturated rings.